The number of aryl methyl sites for hydroxylation is 1. The largest absolute Gasteiger partial charge is 0.310 e. The summed E-state index contributed by atoms with van der Waals surface area (Å²) in [6.07, 6.45) is 3.48. The van der Waals surface area contributed by atoms with Crippen molar-refractivity contribution in [3.05, 3.63) is 82.7 Å². The minimum absolute atomic E-state index is 0.197. The molecule has 0 atom stereocenters. The van der Waals surface area contributed by atoms with Crippen LogP contribution in [-0.4, -0.2) is 34.6 Å². The molecule has 1 aliphatic heterocycles. The normalized spacial score (nSPS) is 16.5. The Morgan fingerprint density at radius 1 is 0.806 bits per heavy atom. The molecular weight excluding hydrogens is 388 g/mol. The lowest BCUT2D eigenvalue weighted by Crippen LogP contribution is -2.28. The van der Waals surface area contributed by atoms with Gasteiger partial charge in [-0.15, -0.1) is 0 Å². The Hall–Kier alpha value is -3.80. The Kier molecular flexibility index (Phi) is 4.43. The van der Waals surface area contributed by atoms with Crippen molar-refractivity contribution in [3.8, 4) is 0 Å². The lowest BCUT2D eigenvalue weighted by Gasteiger charge is -2.21. The van der Waals surface area contributed by atoms with Gasteiger partial charge in [0.2, 0.25) is 0 Å². The Morgan fingerprint density at radius 3 is 1.97 bits per heavy atom. The summed E-state index contributed by atoms with van der Waals surface area (Å²) in [6, 6.07) is 13.2. The second kappa shape index (κ2) is 7.16. The van der Waals surface area contributed by atoms with E-state index in [2.05, 4.69) is 9.80 Å². The maximum Gasteiger partial charge on any atom is 0.197 e. The Bertz CT molecular complexity index is 1270. The van der Waals surface area contributed by atoms with Crippen LogP contribution < -0.4 is 9.80 Å². The number of ketones is 2. The molecule has 31 heavy (non-hydrogen) atoms. The molecule has 2 heterocycles. The van der Waals surface area contributed by atoms with E-state index in [1.165, 1.54) is 0 Å². The number of carbonyl (C=O) groups excluding carboxylic acids is 2. The van der Waals surface area contributed by atoms with E-state index in [0.29, 0.717) is 24.2 Å². The van der Waals surface area contributed by atoms with E-state index >= 15 is 0 Å². The second-order valence-corrected chi connectivity index (χ2v) is 7.66. The Morgan fingerprint density at radius 2 is 1.39 bits per heavy atom. The van der Waals surface area contributed by atoms with Crippen molar-refractivity contribution in [2.75, 3.05) is 22.9 Å². The van der Waals surface area contributed by atoms with Crippen LogP contribution in [0.3, 0.4) is 0 Å². The van der Waals surface area contributed by atoms with Gasteiger partial charge in [-0.25, -0.2) is 9.97 Å². The van der Waals surface area contributed by atoms with Gasteiger partial charge in [-0.05, 0) is 51.1 Å². The van der Waals surface area contributed by atoms with Gasteiger partial charge in [-0.1, -0.05) is 29.8 Å². The van der Waals surface area contributed by atoms with Gasteiger partial charge in [0.05, 0.1) is 16.6 Å². The predicted molar refractivity (Wildman–Crippen MR) is 122 cm³/mol. The van der Waals surface area contributed by atoms with E-state index in [0.717, 1.165) is 34.1 Å². The third kappa shape index (κ3) is 2.86. The van der Waals surface area contributed by atoms with Crippen molar-refractivity contribution in [1.29, 1.82) is 0 Å². The molecule has 1 aromatic heterocycles. The molecule has 3 aromatic rings. The number of carbonyl (C=O) groups is 2. The average molecular weight is 410 g/mol. The molecule has 0 amide bonds. The zero-order valence-electron chi connectivity index (χ0n) is 17.7. The van der Waals surface area contributed by atoms with Crippen molar-refractivity contribution < 1.29 is 9.59 Å². The van der Waals surface area contributed by atoms with Gasteiger partial charge in [0.15, 0.2) is 23.2 Å². The van der Waals surface area contributed by atoms with E-state index in [9.17, 15) is 9.59 Å². The first-order valence-electron chi connectivity index (χ1n) is 10.5. The summed E-state index contributed by atoms with van der Waals surface area (Å²) in [5.74, 6) is 1.99. The zero-order chi connectivity index (χ0) is 21.7. The van der Waals surface area contributed by atoms with Crippen LogP contribution in [0.1, 0.15) is 40.1 Å². The number of rotatable bonds is 3. The fraction of sp³-hybridized carbons (Fsp3) is 0.200. The zero-order valence-corrected chi connectivity index (χ0v) is 17.7. The van der Waals surface area contributed by atoms with Crippen LogP contribution in [0.15, 0.2) is 66.0 Å². The molecule has 0 bridgehead atoms. The standard InChI is InChI=1S/C25H22N4O2/c1-4-28-21(13-12-17-22(30)16-11-10-15(3)14-18(16)23(17)31)29(5-2)25-24(28)26-19-8-6-7-9-20(19)27-25/h6-14H,4-5H2,1-3H3/b17-12+. The van der Waals surface area contributed by atoms with E-state index in [-0.39, 0.29) is 17.1 Å². The van der Waals surface area contributed by atoms with E-state index in [4.69, 9.17) is 9.97 Å². The van der Waals surface area contributed by atoms with Gasteiger partial charge >= 0.3 is 0 Å². The summed E-state index contributed by atoms with van der Waals surface area (Å²) < 4.78 is 0. The molecule has 0 saturated heterocycles. The first kappa shape index (κ1) is 19.2. The summed E-state index contributed by atoms with van der Waals surface area (Å²) >= 11 is 0. The van der Waals surface area contributed by atoms with E-state index in [1.807, 2.05) is 57.2 Å². The molecule has 2 aliphatic rings. The minimum Gasteiger partial charge on any atom is -0.310 e. The van der Waals surface area contributed by atoms with E-state index in [1.54, 1.807) is 18.2 Å². The predicted octanol–water partition coefficient (Wildman–Crippen LogP) is 4.45. The molecule has 2 aromatic carbocycles. The average Bonchev–Trinajstić information content (AvgIpc) is 3.20. The van der Waals surface area contributed by atoms with Gasteiger partial charge in [0, 0.05) is 24.2 Å². The molecule has 0 fully saturated rings. The van der Waals surface area contributed by atoms with Crippen LogP contribution in [0.25, 0.3) is 11.0 Å². The number of nitrogens with zero attached hydrogens (tertiary/aromatic N) is 4. The highest BCUT2D eigenvalue weighted by atomic mass is 16.2. The Labute approximate surface area is 180 Å². The summed E-state index contributed by atoms with van der Waals surface area (Å²) in [7, 11) is 0. The molecular formula is C25H22N4O2. The number of aromatic nitrogens is 2. The van der Waals surface area contributed by atoms with Crippen LogP contribution in [0, 0.1) is 6.92 Å². The van der Waals surface area contributed by atoms with Gasteiger partial charge in [-0.3, -0.25) is 9.59 Å². The van der Waals surface area contributed by atoms with Crippen LogP contribution in [0.2, 0.25) is 0 Å². The van der Waals surface area contributed by atoms with Gasteiger partial charge in [0.25, 0.3) is 0 Å². The molecule has 0 saturated carbocycles. The van der Waals surface area contributed by atoms with Crippen molar-refractivity contribution in [2.24, 2.45) is 0 Å². The van der Waals surface area contributed by atoms with Crippen LogP contribution in [-0.2, 0) is 0 Å². The molecule has 0 N–H and O–H groups in total. The van der Waals surface area contributed by atoms with Crippen LogP contribution in [0.4, 0.5) is 11.6 Å². The van der Waals surface area contributed by atoms with Gasteiger partial charge in [-0.2, -0.15) is 0 Å². The molecule has 6 nitrogen and oxygen atoms in total. The van der Waals surface area contributed by atoms with Crippen molar-refractivity contribution in [1.82, 2.24) is 9.97 Å². The van der Waals surface area contributed by atoms with Crippen LogP contribution >= 0.6 is 0 Å². The lowest BCUT2D eigenvalue weighted by atomic mass is 10.1. The van der Waals surface area contributed by atoms with Gasteiger partial charge < -0.3 is 9.80 Å². The highest BCUT2D eigenvalue weighted by molar-refractivity contribution is 6.39. The summed E-state index contributed by atoms with van der Waals surface area (Å²) in [5, 5.41) is 0. The number of Topliss-reactive ketones (excluding diaryl/α,β-unsaturated/α-hetero) is 2. The molecule has 0 radical (unpaired) electrons. The fourth-order valence-electron chi connectivity index (χ4n) is 4.26. The number of allylic oxidation sites excluding steroid dienone is 3. The fourth-order valence-corrected chi connectivity index (χ4v) is 4.26. The molecule has 6 heteroatoms. The third-order valence-electron chi connectivity index (χ3n) is 5.78. The van der Waals surface area contributed by atoms with E-state index < -0.39 is 0 Å². The minimum atomic E-state index is -0.222. The smallest absolute Gasteiger partial charge is 0.197 e. The maximum atomic E-state index is 12.9. The molecule has 154 valence electrons. The summed E-state index contributed by atoms with van der Waals surface area (Å²) in [4.78, 5) is 39.5. The number of fused-ring (bicyclic) bond motifs is 3. The van der Waals surface area contributed by atoms with Crippen molar-refractivity contribution in [3.63, 3.8) is 0 Å². The quantitative estimate of drug-likeness (QED) is 0.469. The molecule has 0 spiro atoms. The number of hydrogen-bond donors (Lipinski definition) is 0. The summed E-state index contributed by atoms with van der Waals surface area (Å²) in [6.45, 7) is 7.38. The Balaban J connectivity index is 1.60. The topological polar surface area (TPSA) is 66.4 Å². The number of anilines is 2. The van der Waals surface area contributed by atoms with Crippen molar-refractivity contribution in [2.45, 2.75) is 20.8 Å². The number of benzene rings is 2. The highest BCUT2D eigenvalue weighted by Crippen LogP contribution is 2.39. The third-order valence-corrected chi connectivity index (χ3v) is 5.78. The molecule has 0 unspecified atom stereocenters. The monoisotopic (exact) mass is 410 g/mol. The van der Waals surface area contributed by atoms with Crippen LogP contribution in [0.5, 0.6) is 0 Å². The molecule has 5 rings (SSSR count). The lowest BCUT2D eigenvalue weighted by molar-refractivity contribution is 0.0988. The second-order valence-electron chi connectivity index (χ2n) is 7.66. The molecule has 1 aliphatic carbocycles. The number of hydrogen-bond acceptors (Lipinski definition) is 6. The first-order chi connectivity index (χ1) is 15.0. The van der Waals surface area contributed by atoms with Gasteiger partial charge in [0.1, 0.15) is 5.82 Å². The number of para-hydroxylation sites is 2. The highest BCUT2D eigenvalue weighted by Gasteiger charge is 2.35. The first-order valence-corrected chi connectivity index (χ1v) is 10.5. The maximum absolute atomic E-state index is 12.9. The SMILES string of the molecule is CCN1C(=C/C=C2\C(=O)c3ccc(C)cc3C2=O)N(CC)c2nc3ccccc3nc21. The summed E-state index contributed by atoms with van der Waals surface area (Å²) in [5.41, 5.74) is 3.79. The van der Waals surface area contributed by atoms with Crippen molar-refractivity contribution >= 4 is 34.2 Å².